The maximum Gasteiger partial charge on any atom is 0.244 e. The summed E-state index contributed by atoms with van der Waals surface area (Å²) in [4.78, 5) is 29.1. The van der Waals surface area contributed by atoms with Gasteiger partial charge in [-0.15, -0.1) is 0 Å². The van der Waals surface area contributed by atoms with Gasteiger partial charge in [0.15, 0.2) is 0 Å². The molecule has 0 heterocycles. The van der Waals surface area contributed by atoms with Gasteiger partial charge in [-0.25, -0.2) is 8.42 Å². The summed E-state index contributed by atoms with van der Waals surface area (Å²) in [6, 6.07) is 22.6. The molecule has 0 aromatic heterocycles. The third-order valence-corrected chi connectivity index (χ3v) is 7.89. The number of anilines is 1. The van der Waals surface area contributed by atoms with E-state index in [1.807, 2.05) is 68.4 Å². The normalized spacial score (nSPS) is 12.0. The predicted octanol–water partition coefficient (Wildman–Crippen LogP) is 4.97. The van der Waals surface area contributed by atoms with Crippen molar-refractivity contribution in [2.45, 2.75) is 45.7 Å². The van der Waals surface area contributed by atoms with Crippen molar-refractivity contribution in [1.29, 1.82) is 0 Å². The van der Waals surface area contributed by atoms with E-state index >= 15 is 0 Å². The number of amides is 2. The molecule has 1 unspecified atom stereocenters. The van der Waals surface area contributed by atoms with Gasteiger partial charge < -0.3 is 10.2 Å². The van der Waals surface area contributed by atoms with Gasteiger partial charge in [-0.05, 0) is 54.3 Å². The van der Waals surface area contributed by atoms with E-state index in [0.717, 1.165) is 40.1 Å². The average molecular weight is 570 g/mol. The van der Waals surface area contributed by atoms with Crippen LogP contribution in [0.2, 0.25) is 5.02 Å². The lowest BCUT2D eigenvalue weighted by Crippen LogP contribution is -2.53. The zero-order chi connectivity index (χ0) is 28.4. The van der Waals surface area contributed by atoms with E-state index in [1.165, 1.54) is 4.90 Å². The summed E-state index contributed by atoms with van der Waals surface area (Å²) in [5.41, 5.74) is 3.06. The standard InChI is InChI=1S/C30H36ClN3O4S/c1-4-5-19-32-30(36)28(20-24-12-7-6-8-13-24)33(21-25-14-10-9-11-23(25)2)29(35)22-34(39(3,37)38)27-17-15-26(31)16-18-27/h6-18,28H,4-5,19-22H2,1-3H3,(H,32,36). The van der Waals surface area contributed by atoms with E-state index in [0.29, 0.717) is 17.3 Å². The van der Waals surface area contributed by atoms with Crippen LogP contribution in [0.5, 0.6) is 0 Å². The zero-order valence-corrected chi connectivity index (χ0v) is 24.2. The summed E-state index contributed by atoms with van der Waals surface area (Å²) in [6.07, 6.45) is 3.07. The summed E-state index contributed by atoms with van der Waals surface area (Å²) in [5.74, 6) is -0.753. The molecule has 0 saturated carbocycles. The Hall–Kier alpha value is -3.36. The van der Waals surface area contributed by atoms with Crippen LogP contribution < -0.4 is 9.62 Å². The van der Waals surface area contributed by atoms with Crippen LogP contribution in [0.4, 0.5) is 5.69 Å². The fraction of sp³-hybridized carbons (Fsp3) is 0.333. The topological polar surface area (TPSA) is 86.8 Å². The molecule has 0 bridgehead atoms. The minimum Gasteiger partial charge on any atom is -0.354 e. The molecule has 0 saturated heterocycles. The SMILES string of the molecule is CCCCNC(=O)C(Cc1ccccc1)N(Cc1ccccc1C)C(=O)CN(c1ccc(Cl)cc1)S(C)(=O)=O. The Morgan fingerprint density at radius 1 is 0.949 bits per heavy atom. The third-order valence-electron chi connectivity index (χ3n) is 6.50. The lowest BCUT2D eigenvalue weighted by molar-refractivity contribution is -0.140. The monoisotopic (exact) mass is 569 g/mol. The maximum atomic E-state index is 14.0. The molecule has 3 rings (SSSR count). The van der Waals surface area contributed by atoms with Crippen LogP contribution in [-0.4, -0.2) is 50.5 Å². The number of carbonyl (C=O) groups is 2. The number of nitrogens with zero attached hydrogens (tertiary/aromatic N) is 2. The summed E-state index contributed by atoms with van der Waals surface area (Å²) in [5, 5.41) is 3.43. The molecular weight excluding hydrogens is 534 g/mol. The fourth-order valence-electron chi connectivity index (χ4n) is 4.25. The van der Waals surface area contributed by atoms with E-state index in [2.05, 4.69) is 5.32 Å². The number of benzene rings is 3. The van der Waals surface area contributed by atoms with Crippen molar-refractivity contribution >= 4 is 39.1 Å². The molecule has 1 N–H and O–H groups in total. The van der Waals surface area contributed by atoms with E-state index in [9.17, 15) is 18.0 Å². The quantitative estimate of drug-likeness (QED) is 0.294. The summed E-state index contributed by atoms with van der Waals surface area (Å²) in [7, 11) is -3.82. The Kier molecular flexibility index (Phi) is 10.9. The molecule has 7 nitrogen and oxygen atoms in total. The van der Waals surface area contributed by atoms with Crippen LogP contribution >= 0.6 is 11.6 Å². The first-order valence-corrected chi connectivity index (χ1v) is 15.2. The molecule has 2 amide bonds. The van der Waals surface area contributed by atoms with Gasteiger partial charge in [-0.2, -0.15) is 0 Å². The van der Waals surface area contributed by atoms with Crippen LogP contribution in [0.3, 0.4) is 0 Å². The highest BCUT2D eigenvalue weighted by Gasteiger charge is 2.33. The second-order valence-corrected chi connectivity index (χ2v) is 11.9. The molecule has 0 aliphatic rings. The fourth-order valence-corrected chi connectivity index (χ4v) is 5.23. The number of unbranched alkanes of at least 4 members (excludes halogenated alkanes) is 1. The third kappa shape index (κ3) is 8.83. The number of hydrogen-bond donors (Lipinski definition) is 1. The first-order valence-electron chi connectivity index (χ1n) is 13.0. The Morgan fingerprint density at radius 2 is 1.59 bits per heavy atom. The van der Waals surface area contributed by atoms with E-state index in [4.69, 9.17) is 11.6 Å². The van der Waals surface area contributed by atoms with Gasteiger partial charge in [-0.1, -0.05) is 79.5 Å². The van der Waals surface area contributed by atoms with Gasteiger partial charge in [-0.3, -0.25) is 13.9 Å². The molecule has 9 heteroatoms. The Bertz CT molecular complexity index is 1350. The summed E-state index contributed by atoms with van der Waals surface area (Å²) < 4.78 is 26.6. The number of sulfonamides is 1. The van der Waals surface area contributed by atoms with Crippen LogP contribution in [0.25, 0.3) is 0 Å². The number of hydrogen-bond acceptors (Lipinski definition) is 4. The van der Waals surface area contributed by atoms with Crippen molar-refractivity contribution < 1.29 is 18.0 Å². The summed E-state index contributed by atoms with van der Waals surface area (Å²) in [6.45, 7) is 4.18. The van der Waals surface area contributed by atoms with Crippen LogP contribution in [0.15, 0.2) is 78.9 Å². The van der Waals surface area contributed by atoms with Crippen molar-refractivity contribution in [2.24, 2.45) is 0 Å². The maximum absolute atomic E-state index is 14.0. The van der Waals surface area contributed by atoms with E-state index in [1.54, 1.807) is 24.3 Å². The van der Waals surface area contributed by atoms with Crippen LogP contribution in [-0.2, 0) is 32.6 Å². The largest absolute Gasteiger partial charge is 0.354 e. The predicted molar refractivity (Wildman–Crippen MR) is 157 cm³/mol. The highest BCUT2D eigenvalue weighted by Crippen LogP contribution is 2.22. The average Bonchev–Trinajstić information content (AvgIpc) is 2.91. The highest BCUT2D eigenvalue weighted by atomic mass is 35.5. The molecule has 0 radical (unpaired) electrons. The molecule has 0 fully saturated rings. The molecule has 39 heavy (non-hydrogen) atoms. The van der Waals surface area contributed by atoms with Crippen LogP contribution in [0.1, 0.15) is 36.5 Å². The second kappa shape index (κ2) is 14.1. The van der Waals surface area contributed by atoms with Gasteiger partial charge in [0.05, 0.1) is 11.9 Å². The number of carbonyl (C=O) groups excluding carboxylic acids is 2. The lowest BCUT2D eigenvalue weighted by atomic mass is 10.0. The van der Waals surface area contributed by atoms with Crippen molar-refractivity contribution in [2.75, 3.05) is 23.7 Å². The number of rotatable bonds is 13. The van der Waals surface area contributed by atoms with Crippen molar-refractivity contribution in [1.82, 2.24) is 10.2 Å². The van der Waals surface area contributed by atoms with E-state index in [-0.39, 0.29) is 18.9 Å². The molecule has 0 spiro atoms. The first-order chi connectivity index (χ1) is 18.6. The molecule has 3 aromatic rings. The highest BCUT2D eigenvalue weighted by molar-refractivity contribution is 7.92. The first kappa shape index (κ1) is 30.2. The smallest absolute Gasteiger partial charge is 0.244 e. The van der Waals surface area contributed by atoms with E-state index < -0.39 is 28.5 Å². The second-order valence-electron chi connectivity index (χ2n) is 9.54. The molecule has 208 valence electrons. The van der Waals surface area contributed by atoms with Gasteiger partial charge in [0.2, 0.25) is 21.8 Å². The minimum absolute atomic E-state index is 0.155. The van der Waals surface area contributed by atoms with Gasteiger partial charge in [0.1, 0.15) is 12.6 Å². The van der Waals surface area contributed by atoms with Gasteiger partial charge in [0, 0.05) is 24.5 Å². The van der Waals surface area contributed by atoms with Crippen LogP contribution in [0, 0.1) is 6.92 Å². The number of aryl methyl sites for hydroxylation is 1. The van der Waals surface area contributed by atoms with Gasteiger partial charge >= 0.3 is 0 Å². The molecular formula is C30H36ClN3O4S. The molecule has 0 aliphatic carbocycles. The number of halogens is 1. The van der Waals surface area contributed by atoms with Gasteiger partial charge in [0.25, 0.3) is 0 Å². The summed E-state index contributed by atoms with van der Waals surface area (Å²) >= 11 is 6.01. The Balaban J connectivity index is 2.03. The Labute approximate surface area is 236 Å². The van der Waals surface area contributed by atoms with Crippen molar-refractivity contribution in [3.05, 3.63) is 101 Å². The Morgan fingerprint density at radius 3 is 2.21 bits per heavy atom. The minimum atomic E-state index is -3.82. The molecule has 1 atom stereocenters. The zero-order valence-electron chi connectivity index (χ0n) is 22.6. The molecule has 0 aliphatic heterocycles. The number of nitrogens with one attached hydrogen (secondary N) is 1. The lowest BCUT2D eigenvalue weighted by Gasteiger charge is -2.34. The molecule has 3 aromatic carbocycles. The van der Waals surface area contributed by atoms with Crippen molar-refractivity contribution in [3.63, 3.8) is 0 Å². The van der Waals surface area contributed by atoms with Crippen molar-refractivity contribution in [3.8, 4) is 0 Å².